The number of aliphatic hydroxyl groups excluding tert-OH is 1. The molecule has 1 radical (unpaired) electrons. The molecule has 0 aromatic carbocycles. The van der Waals surface area contributed by atoms with Crippen LogP contribution in [0.25, 0.3) is 5.73 Å². The number of primary amides is 1. The summed E-state index contributed by atoms with van der Waals surface area (Å²) >= 11 is 1.64. The maximum Gasteiger partial charge on any atom is 0.387 e. The molecule has 1 amide bonds. The number of thioether (sulfide) groups is 1. The topological polar surface area (TPSA) is 189 Å². The first-order valence-corrected chi connectivity index (χ1v) is 22.2. The number of aliphatic hydroxyl groups is 1. The molecule has 0 heterocycles. The van der Waals surface area contributed by atoms with Crippen LogP contribution < -0.4 is 16.1 Å². The van der Waals surface area contributed by atoms with Crippen molar-refractivity contribution >= 4 is 83.3 Å². The summed E-state index contributed by atoms with van der Waals surface area (Å²) < 4.78 is 4.30. The molecule has 0 aliphatic heterocycles. The largest absolute Gasteiger partial charge is 0.668 e. The van der Waals surface area contributed by atoms with Crippen LogP contribution in [0, 0.1) is 35.5 Å². The number of carbonyl (C=O) groups excluding carboxylic acids is 5. The summed E-state index contributed by atoms with van der Waals surface area (Å²) in [5.41, 5.74) is 12.5. The molecule has 18 heteroatoms. The Balaban J connectivity index is -0.00000137. The summed E-state index contributed by atoms with van der Waals surface area (Å²) in [5, 5.41) is 15.6. The molecule has 10 atom stereocenters. The van der Waals surface area contributed by atoms with Gasteiger partial charge in [0.25, 0.3) is 0 Å². The fourth-order valence-electron chi connectivity index (χ4n) is 2.99. The second-order valence-corrected chi connectivity index (χ2v) is 23.1. The number of hydrogen-bond donors (Lipinski definition) is 4. The average Bonchev–Trinajstić information content (AvgIpc) is 2.99. The molecule has 0 aromatic rings. The number of ketones is 1. The minimum atomic E-state index is -1.14. The Morgan fingerprint density at radius 3 is 2.38 bits per heavy atom. The zero-order chi connectivity index (χ0) is 33.9. The molecular weight excluding hydrogens is 768 g/mol. The molecular formula is C27H47N4O7P5SY-2. The van der Waals surface area contributed by atoms with Crippen LogP contribution in [0.3, 0.4) is 0 Å². The van der Waals surface area contributed by atoms with E-state index in [9.17, 15) is 29.1 Å². The fraction of sp³-hybridized carbons (Fsp3) is 0.667. The van der Waals surface area contributed by atoms with Gasteiger partial charge in [-0.2, -0.15) is 11.8 Å². The van der Waals surface area contributed by atoms with E-state index in [0.717, 1.165) is 24.5 Å². The molecule has 0 aromatic heterocycles. The van der Waals surface area contributed by atoms with Gasteiger partial charge in [-0.25, -0.2) is 11.1 Å². The second kappa shape index (κ2) is 33.0. The van der Waals surface area contributed by atoms with Gasteiger partial charge in [-0.15, -0.1) is 8.93 Å². The first-order valence-electron chi connectivity index (χ1n) is 13.9. The standard InChI is InChI=1S/C19H31N3O6P5S.C8H16NO.Y/c1-13(12-23)10-16(24)15(7-9-34-8-5-3-2-4-6-18(26)28-29)22-32-33(30)31-19(27)14(20)11-17(21)25;1-4-7(3)8(6-10)9-5-2;/h13-15,20,22-23,31-32H,5,7-12,29-30H2,1H3,(H2,21,25);7-9H,4-5H2,1-3H3;/q2*-1;/t13?,14-,15?,33?;7-,8-;/m01./s1. The first kappa shape index (κ1) is 49.9. The van der Waals surface area contributed by atoms with Gasteiger partial charge in [0.1, 0.15) is 11.3 Å². The summed E-state index contributed by atoms with van der Waals surface area (Å²) in [4.78, 5) is 56.8. The minimum Gasteiger partial charge on any atom is -0.668 e. The molecule has 0 saturated heterocycles. The second-order valence-electron chi connectivity index (χ2n) is 9.48. The van der Waals surface area contributed by atoms with Crippen molar-refractivity contribution in [2.24, 2.45) is 17.6 Å². The molecule has 0 aliphatic carbocycles. The molecule has 11 nitrogen and oxygen atoms in total. The number of Topliss-reactive ketones (excluding diaryl/α,β-unsaturated/α-hetero) is 1. The van der Waals surface area contributed by atoms with Crippen molar-refractivity contribution in [1.29, 1.82) is 0 Å². The van der Waals surface area contributed by atoms with E-state index in [1.807, 2.05) is 29.6 Å². The van der Waals surface area contributed by atoms with Crippen molar-refractivity contribution in [3.63, 3.8) is 0 Å². The van der Waals surface area contributed by atoms with Crippen LogP contribution in [0.1, 0.15) is 59.8 Å². The van der Waals surface area contributed by atoms with Crippen LogP contribution in [0.4, 0.5) is 0 Å². The van der Waals surface area contributed by atoms with E-state index in [-0.39, 0.29) is 92.1 Å². The van der Waals surface area contributed by atoms with Crippen molar-refractivity contribution in [2.45, 2.75) is 77.9 Å². The Bertz CT molecular complexity index is 1010. The van der Waals surface area contributed by atoms with Gasteiger partial charge < -0.3 is 31.2 Å². The van der Waals surface area contributed by atoms with E-state index in [2.05, 4.69) is 61.4 Å². The van der Waals surface area contributed by atoms with Crippen molar-refractivity contribution < 1.29 is 66.3 Å². The van der Waals surface area contributed by atoms with Gasteiger partial charge >= 0.3 is 5.97 Å². The van der Waals surface area contributed by atoms with Crippen molar-refractivity contribution in [3.05, 3.63) is 5.73 Å². The van der Waals surface area contributed by atoms with E-state index >= 15 is 0 Å². The van der Waals surface area contributed by atoms with Crippen LogP contribution in [0.15, 0.2) is 0 Å². The monoisotopic (exact) mass is 815 g/mol. The van der Waals surface area contributed by atoms with E-state index in [4.69, 9.17) is 11.5 Å². The van der Waals surface area contributed by atoms with E-state index < -0.39 is 30.9 Å². The summed E-state index contributed by atoms with van der Waals surface area (Å²) in [6.07, 6.45) is 4.17. The smallest absolute Gasteiger partial charge is 0.387 e. The molecule has 0 rings (SSSR count). The number of nitrogens with one attached hydrogen (secondary N) is 3. The predicted molar refractivity (Wildman–Crippen MR) is 194 cm³/mol. The quantitative estimate of drug-likeness (QED) is 0.0543. The Morgan fingerprint density at radius 2 is 1.84 bits per heavy atom. The van der Waals surface area contributed by atoms with Crippen LogP contribution >= 0.6 is 53.8 Å². The predicted octanol–water partition coefficient (Wildman–Crippen LogP) is 3.70. The molecule has 0 fully saturated rings. The average molecular weight is 816 g/mol. The molecule has 7 unspecified atom stereocenters. The van der Waals surface area contributed by atoms with Gasteiger partial charge in [-0.3, -0.25) is 19.5 Å². The van der Waals surface area contributed by atoms with Crippen molar-refractivity contribution in [3.8, 4) is 23.7 Å². The third-order valence-electron chi connectivity index (χ3n) is 5.67. The van der Waals surface area contributed by atoms with Gasteiger partial charge in [0.15, 0.2) is 0 Å². The number of rotatable bonds is 22. The van der Waals surface area contributed by atoms with Crippen LogP contribution in [0.2, 0.25) is 0 Å². The van der Waals surface area contributed by atoms with Gasteiger partial charge in [-0.1, -0.05) is 58.0 Å². The van der Waals surface area contributed by atoms with Gasteiger partial charge in [0.05, 0.1) is 15.5 Å². The molecule has 0 spiro atoms. The fourth-order valence-corrected chi connectivity index (χ4v) is 11.2. The third-order valence-corrected chi connectivity index (χ3v) is 15.3. The van der Waals surface area contributed by atoms with E-state index in [0.29, 0.717) is 18.8 Å². The molecule has 253 valence electrons. The van der Waals surface area contributed by atoms with Crippen LogP contribution in [-0.2, 0) is 61.2 Å². The SMILES string of the molecule is CC(CO)CC(=O)C(CCSCCC#CC#CC(=O)OP)NPP(P)PC(=O)[C@@H]([NH-])CC(N)=O.CCN[C@H]([C-]=O)[C@H](C)CC.[Y]. The molecule has 6 N–H and O–H groups in total. The Hall–Kier alpha value is 0.514. The maximum atomic E-state index is 12.7. The number of nitrogens with two attached hydrogens (primary N) is 1. The Kier molecular flexibility index (Phi) is 36.6. The van der Waals surface area contributed by atoms with Gasteiger partial charge in [-0.05, 0) is 60.2 Å². The Morgan fingerprint density at radius 1 is 1.18 bits per heavy atom. The molecule has 0 aliphatic rings. The van der Waals surface area contributed by atoms with Crippen molar-refractivity contribution in [1.82, 2.24) is 10.4 Å². The number of amides is 1. The summed E-state index contributed by atoms with van der Waals surface area (Å²) in [6.45, 7) is 7.87. The summed E-state index contributed by atoms with van der Waals surface area (Å²) in [5.74, 6) is 10.4. The zero-order valence-electron chi connectivity index (χ0n) is 26.3. The number of carbonyl (C=O) groups is 4. The first-order chi connectivity index (χ1) is 20.9. The Labute approximate surface area is 307 Å². The molecule has 0 saturated carbocycles. The van der Waals surface area contributed by atoms with Gasteiger partial charge in [0, 0.05) is 70.3 Å². The van der Waals surface area contributed by atoms with Gasteiger partial charge in [0.2, 0.25) is 5.91 Å². The number of hydrogen-bond acceptors (Lipinski definition) is 10. The molecule has 45 heavy (non-hydrogen) atoms. The normalized spacial score (nSPS) is 14.6. The van der Waals surface area contributed by atoms with E-state index in [1.165, 1.54) is 0 Å². The number of likely N-dealkylation sites (N-methyl/N-ethyl adjacent to an activating group) is 1. The summed E-state index contributed by atoms with van der Waals surface area (Å²) in [7, 11) is 4.49. The zero-order valence-corrected chi connectivity index (χ0v) is 35.2. The van der Waals surface area contributed by atoms with Crippen molar-refractivity contribution in [2.75, 3.05) is 24.7 Å². The minimum absolute atomic E-state index is 0. The summed E-state index contributed by atoms with van der Waals surface area (Å²) in [6, 6.07) is -1.61. The maximum absolute atomic E-state index is 12.7. The van der Waals surface area contributed by atoms with Crippen LogP contribution in [0.5, 0.6) is 0 Å². The third kappa shape index (κ3) is 29.2. The van der Waals surface area contributed by atoms with E-state index in [1.54, 1.807) is 11.8 Å². The molecule has 0 bridgehead atoms. The van der Waals surface area contributed by atoms with Crippen LogP contribution in [-0.4, -0.2) is 77.4 Å².